The molecule has 1 aromatic carbocycles. The second-order valence-corrected chi connectivity index (χ2v) is 4.81. The van der Waals surface area contributed by atoms with Gasteiger partial charge in [-0.25, -0.2) is 0 Å². The number of benzene rings is 1. The van der Waals surface area contributed by atoms with Gasteiger partial charge >= 0.3 is 0 Å². The third-order valence-corrected chi connectivity index (χ3v) is 3.20. The van der Waals surface area contributed by atoms with Crippen LogP contribution in [-0.2, 0) is 4.74 Å². The Hall–Kier alpha value is -1.33. The van der Waals surface area contributed by atoms with Crippen LogP contribution in [-0.4, -0.2) is 31.0 Å². The van der Waals surface area contributed by atoms with E-state index < -0.39 is 0 Å². The van der Waals surface area contributed by atoms with Crippen molar-refractivity contribution >= 4 is 23.0 Å². The minimum atomic E-state index is 0.280. The van der Waals surface area contributed by atoms with E-state index in [1.165, 1.54) is 0 Å². The Morgan fingerprint density at radius 2 is 2.32 bits per heavy atom. The highest BCUT2D eigenvalue weighted by Gasteiger charge is 2.15. The van der Waals surface area contributed by atoms with Crippen LogP contribution in [0.1, 0.15) is 19.8 Å². The topological polar surface area (TPSA) is 42.5 Å². The second kappa shape index (κ2) is 7.31. The largest absolute Gasteiger partial charge is 0.492 e. The van der Waals surface area contributed by atoms with Crippen molar-refractivity contribution in [2.24, 2.45) is 0 Å². The molecule has 0 aromatic heterocycles. The van der Waals surface area contributed by atoms with Crippen LogP contribution in [0.15, 0.2) is 24.3 Å². The van der Waals surface area contributed by atoms with E-state index in [1.807, 2.05) is 31.2 Å². The van der Waals surface area contributed by atoms with Crippen molar-refractivity contribution in [3.63, 3.8) is 0 Å². The van der Waals surface area contributed by atoms with E-state index in [2.05, 4.69) is 10.6 Å². The summed E-state index contributed by atoms with van der Waals surface area (Å²) >= 11 is 5.28. The van der Waals surface area contributed by atoms with E-state index in [-0.39, 0.29) is 6.10 Å². The molecule has 0 unspecified atom stereocenters. The molecule has 0 spiro atoms. The molecule has 1 aliphatic heterocycles. The summed E-state index contributed by atoms with van der Waals surface area (Å²) in [7, 11) is 0. The SMILES string of the molecule is CCOc1ccccc1NC(=S)NC[C@H]1CCCO1. The molecular weight excluding hydrogens is 260 g/mol. The molecule has 1 atom stereocenters. The van der Waals surface area contributed by atoms with Crippen molar-refractivity contribution in [2.45, 2.75) is 25.9 Å². The zero-order valence-corrected chi connectivity index (χ0v) is 12.0. The number of para-hydroxylation sites is 2. The number of hydrogen-bond donors (Lipinski definition) is 2. The van der Waals surface area contributed by atoms with E-state index in [1.54, 1.807) is 0 Å². The maximum Gasteiger partial charge on any atom is 0.170 e. The quantitative estimate of drug-likeness (QED) is 0.811. The van der Waals surface area contributed by atoms with Gasteiger partial charge in [-0.05, 0) is 44.1 Å². The minimum Gasteiger partial charge on any atom is -0.492 e. The Balaban J connectivity index is 1.83. The van der Waals surface area contributed by atoms with Gasteiger partial charge in [-0.1, -0.05) is 12.1 Å². The monoisotopic (exact) mass is 280 g/mol. The highest BCUT2D eigenvalue weighted by molar-refractivity contribution is 7.80. The Morgan fingerprint density at radius 1 is 1.47 bits per heavy atom. The first kappa shape index (κ1) is 14.1. The van der Waals surface area contributed by atoms with E-state index in [4.69, 9.17) is 21.7 Å². The van der Waals surface area contributed by atoms with Gasteiger partial charge in [0.25, 0.3) is 0 Å². The first-order chi connectivity index (χ1) is 9.29. The van der Waals surface area contributed by atoms with Crippen molar-refractivity contribution in [1.82, 2.24) is 5.32 Å². The molecule has 1 aromatic rings. The zero-order chi connectivity index (χ0) is 13.5. The zero-order valence-electron chi connectivity index (χ0n) is 11.1. The predicted molar refractivity (Wildman–Crippen MR) is 80.8 cm³/mol. The summed E-state index contributed by atoms with van der Waals surface area (Å²) < 4.78 is 11.1. The summed E-state index contributed by atoms with van der Waals surface area (Å²) in [5.74, 6) is 0.811. The summed E-state index contributed by atoms with van der Waals surface area (Å²) in [5, 5.41) is 6.94. The minimum absolute atomic E-state index is 0.280. The molecule has 2 N–H and O–H groups in total. The number of hydrogen-bond acceptors (Lipinski definition) is 3. The molecule has 1 fully saturated rings. The van der Waals surface area contributed by atoms with E-state index >= 15 is 0 Å². The predicted octanol–water partition coefficient (Wildman–Crippen LogP) is 2.55. The Morgan fingerprint density at radius 3 is 3.05 bits per heavy atom. The molecule has 5 heteroatoms. The van der Waals surface area contributed by atoms with Crippen LogP contribution in [0.5, 0.6) is 5.75 Å². The van der Waals surface area contributed by atoms with E-state index in [0.717, 1.165) is 37.4 Å². The molecule has 104 valence electrons. The van der Waals surface area contributed by atoms with Crippen LogP contribution in [0.3, 0.4) is 0 Å². The maximum absolute atomic E-state index is 5.54. The van der Waals surface area contributed by atoms with Crippen molar-refractivity contribution in [1.29, 1.82) is 0 Å². The molecular formula is C14H20N2O2S. The Labute approximate surface area is 119 Å². The number of rotatable bonds is 5. The van der Waals surface area contributed by atoms with E-state index in [0.29, 0.717) is 11.7 Å². The van der Waals surface area contributed by atoms with Gasteiger partial charge in [0.15, 0.2) is 5.11 Å². The number of thiocarbonyl (C=S) groups is 1. The standard InChI is InChI=1S/C14H20N2O2S/c1-2-17-13-8-4-3-7-12(13)16-14(19)15-10-11-6-5-9-18-11/h3-4,7-8,11H,2,5-6,9-10H2,1H3,(H2,15,16,19)/t11-/m1/s1. The van der Waals surface area contributed by atoms with Crippen LogP contribution in [0.2, 0.25) is 0 Å². The summed E-state index contributed by atoms with van der Waals surface area (Å²) in [6.45, 7) is 4.21. The lowest BCUT2D eigenvalue weighted by atomic mass is 10.2. The summed E-state index contributed by atoms with van der Waals surface area (Å²) in [4.78, 5) is 0. The van der Waals surface area contributed by atoms with Gasteiger partial charge in [0.1, 0.15) is 5.75 Å². The second-order valence-electron chi connectivity index (χ2n) is 4.40. The van der Waals surface area contributed by atoms with Gasteiger partial charge in [-0.2, -0.15) is 0 Å². The molecule has 1 aliphatic rings. The molecule has 19 heavy (non-hydrogen) atoms. The van der Waals surface area contributed by atoms with Crippen molar-refractivity contribution in [3.8, 4) is 5.75 Å². The fourth-order valence-corrected chi connectivity index (χ4v) is 2.22. The lowest BCUT2D eigenvalue weighted by Gasteiger charge is -2.16. The third-order valence-electron chi connectivity index (χ3n) is 2.95. The number of ether oxygens (including phenoxy) is 2. The lowest BCUT2D eigenvalue weighted by molar-refractivity contribution is 0.114. The normalized spacial score (nSPS) is 18.1. The van der Waals surface area contributed by atoms with Crippen molar-refractivity contribution < 1.29 is 9.47 Å². The van der Waals surface area contributed by atoms with Crippen LogP contribution < -0.4 is 15.4 Å². The molecule has 0 bridgehead atoms. The highest BCUT2D eigenvalue weighted by Crippen LogP contribution is 2.23. The maximum atomic E-state index is 5.54. The highest BCUT2D eigenvalue weighted by atomic mass is 32.1. The van der Waals surface area contributed by atoms with Gasteiger partial charge in [0, 0.05) is 13.2 Å². The van der Waals surface area contributed by atoms with Crippen molar-refractivity contribution in [2.75, 3.05) is 25.1 Å². The first-order valence-electron chi connectivity index (χ1n) is 6.68. The molecule has 1 heterocycles. The molecule has 1 saturated heterocycles. The van der Waals surface area contributed by atoms with Gasteiger partial charge in [0.05, 0.1) is 18.4 Å². The van der Waals surface area contributed by atoms with E-state index in [9.17, 15) is 0 Å². The third kappa shape index (κ3) is 4.36. The van der Waals surface area contributed by atoms with Crippen LogP contribution in [0.25, 0.3) is 0 Å². The fraction of sp³-hybridized carbons (Fsp3) is 0.500. The average Bonchev–Trinajstić information content (AvgIpc) is 2.92. The molecule has 0 saturated carbocycles. The first-order valence-corrected chi connectivity index (χ1v) is 7.08. The van der Waals surface area contributed by atoms with Crippen molar-refractivity contribution in [3.05, 3.63) is 24.3 Å². The molecule has 0 aliphatic carbocycles. The molecule has 4 nitrogen and oxygen atoms in total. The van der Waals surface area contributed by atoms with Gasteiger partial charge in [-0.3, -0.25) is 0 Å². The van der Waals surface area contributed by atoms with Crippen LogP contribution in [0, 0.1) is 0 Å². The number of anilines is 1. The van der Waals surface area contributed by atoms with Crippen LogP contribution >= 0.6 is 12.2 Å². The molecule has 0 radical (unpaired) electrons. The van der Waals surface area contributed by atoms with Gasteiger partial charge in [0.2, 0.25) is 0 Å². The Bertz CT molecular complexity index is 420. The smallest absolute Gasteiger partial charge is 0.170 e. The molecule has 2 rings (SSSR count). The lowest BCUT2D eigenvalue weighted by Crippen LogP contribution is -2.34. The summed E-state index contributed by atoms with van der Waals surface area (Å²) in [6, 6.07) is 7.77. The number of nitrogens with one attached hydrogen (secondary N) is 2. The van der Waals surface area contributed by atoms with Gasteiger partial charge < -0.3 is 20.1 Å². The average molecular weight is 280 g/mol. The Kier molecular flexibility index (Phi) is 5.42. The summed E-state index contributed by atoms with van der Waals surface area (Å²) in [6.07, 6.45) is 2.52. The molecule has 0 amide bonds. The summed E-state index contributed by atoms with van der Waals surface area (Å²) in [5.41, 5.74) is 0.884. The van der Waals surface area contributed by atoms with Crippen LogP contribution in [0.4, 0.5) is 5.69 Å². The fourth-order valence-electron chi connectivity index (χ4n) is 2.03. The van der Waals surface area contributed by atoms with Gasteiger partial charge in [-0.15, -0.1) is 0 Å².